The average molecular weight is 285 g/mol. The Morgan fingerprint density at radius 1 is 1.10 bits per heavy atom. The van der Waals surface area contributed by atoms with E-state index in [9.17, 15) is 4.39 Å². The van der Waals surface area contributed by atoms with Crippen molar-refractivity contribution < 1.29 is 4.39 Å². The largest absolute Gasteiger partial charge is 0.309 e. The lowest BCUT2D eigenvalue weighted by atomic mass is 9.97. The van der Waals surface area contributed by atoms with Crippen molar-refractivity contribution in [2.24, 2.45) is 0 Å². The summed E-state index contributed by atoms with van der Waals surface area (Å²) in [4.78, 5) is 0. The van der Waals surface area contributed by atoms with Crippen LogP contribution in [0.1, 0.15) is 22.7 Å². The molecule has 0 spiro atoms. The molecule has 0 saturated carbocycles. The molecule has 0 saturated heterocycles. The fourth-order valence-corrected chi connectivity index (χ4v) is 3.55. The van der Waals surface area contributed by atoms with Gasteiger partial charge in [0.2, 0.25) is 0 Å². The van der Waals surface area contributed by atoms with Gasteiger partial charge in [0, 0.05) is 10.3 Å². The average Bonchev–Trinajstić information content (AvgIpc) is 2.86. The van der Waals surface area contributed by atoms with E-state index in [1.807, 2.05) is 38.2 Å². The molecule has 0 radical (unpaired) electrons. The minimum atomic E-state index is -0.153. The summed E-state index contributed by atoms with van der Waals surface area (Å²) in [6.07, 6.45) is 0. The van der Waals surface area contributed by atoms with E-state index in [0.717, 1.165) is 11.1 Å². The Labute approximate surface area is 122 Å². The first kappa shape index (κ1) is 13.3. The van der Waals surface area contributed by atoms with Gasteiger partial charge in [-0.3, -0.25) is 0 Å². The molecule has 0 fully saturated rings. The molecule has 3 rings (SSSR count). The summed E-state index contributed by atoms with van der Waals surface area (Å²) in [6.45, 7) is 1.90. The molecular formula is C17H16FNS. The van der Waals surface area contributed by atoms with Crippen molar-refractivity contribution in [1.82, 2.24) is 5.32 Å². The van der Waals surface area contributed by atoms with Crippen LogP contribution >= 0.6 is 11.3 Å². The number of halogens is 1. The second kappa shape index (κ2) is 5.35. The Morgan fingerprint density at radius 2 is 1.90 bits per heavy atom. The number of aryl methyl sites for hydroxylation is 1. The zero-order chi connectivity index (χ0) is 14.1. The molecule has 0 bridgehead atoms. The molecule has 1 nitrogen and oxygen atoms in total. The van der Waals surface area contributed by atoms with E-state index in [1.54, 1.807) is 17.4 Å². The number of rotatable bonds is 3. The van der Waals surface area contributed by atoms with Gasteiger partial charge in [0.05, 0.1) is 6.04 Å². The lowest BCUT2D eigenvalue weighted by Crippen LogP contribution is -2.18. The normalized spacial score (nSPS) is 12.8. The highest BCUT2D eigenvalue weighted by Crippen LogP contribution is 2.34. The third kappa shape index (κ3) is 2.23. The van der Waals surface area contributed by atoms with E-state index in [-0.39, 0.29) is 11.9 Å². The molecule has 1 heterocycles. The van der Waals surface area contributed by atoms with Gasteiger partial charge in [-0.1, -0.05) is 30.3 Å². The molecule has 3 aromatic rings. The number of hydrogen-bond acceptors (Lipinski definition) is 2. The molecule has 1 unspecified atom stereocenters. The summed E-state index contributed by atoms with van der Waals surface area (Å²) in [5.74, 6) is -0.153. The second-order valence-electron chi connectivity index (χ2n) is 4.93. The van der Waals surface area contributed by atoms with Crippen LogP contribution in [0.25, 0.3) is 10.1 Å². The lowest BCUT2D eigenvalue weighted by Gasteiger charge is -2.17. The number of hydrogen-bond donors (Lipinski definition) is 1. The molecule has 1 N–H and O–H groups in total. The second-order valence-corrected chi connectivity index (χ2v) is 5.85. The van der Waals surface area contributed by atoms with Crippen molar-refractivity contribution in [2.75, 3.05) is 7.05 Å². The molecule has 0 amide bonds. The van der Waals surface area contributed by atoms with Crippen molar-refractivity contribution in [1.29, 1.82) is 0 Å². The van der Waals surface area contributed by atoms with Crippen molar-refractivity contribution in [3.05, 3.63) is 70.4 Å². The number of benzene rings is 2. The number of fused-ring (bicyclic) bond motifs is 1. The van der Waals surface area contributed by atoms with Gasteiger partial charge < -0.3 is 5.32 Å². The van der Waals surface area contributed by atoms with E-state index < -0.39 is 0 Å². The first-order valence-corrected chi connectivity index (χ1v) is 7.48. The number of thiophene rings is 1. The Bertz CT molecular complexity index is 748. The molecule has 0 aliphatic heterocycles. The van der Waals surface area contributed by atoms with Gasteiger partial charge in [-0.05, 0) is 48.0 Å². The van der Waals surface area contributed by atoms with Crippen LogP contribution in [0.5, 0.6) is 0 Å². The van der Waals surface area contributed by atoms with Gasteiger partial charge in [0.1, 0.15) is 5.82 Å². The predicted octanol–water partition coefficient (Wildman–Crippen LogP) is 4.66. The van der Waals surface area contributed by atoms with Crippen LogP contribution in [0.2, 0.25) is 0 Å². The van der Waals surface area contributed by atoms with Crippen LogP contribution < -0.4 is 5.32 Å². The molecule has 102 valence electrons. The molecule has 2 aromatic carbocycles. The highest BCUT2D eigenvalue weighted by Gasteiger charge is 2.19. The third-order valence-corrected chi connectivity index (χ3v) is 4.56. The molecule has 1 aromatic heterocycles. The summed E-state index contributed by atoms with van der Waals surface area (Å²) >= 11 is 1.70. The Balaban J connectivity index is 2.14. The smallest absolute Gasteiger partial charge is 0.128 e. The van der Waals surface area contributed by atoms with E-state index in [1.165, 1.54) is 10.1 Å². The van der Waals surface area contributed by atoms with Gasteiger partial charge in [-0.25, -0.2) is 4.39 Å². The molecule has 0 aliphatic carbocycles. The van der Waals surface area contributed by atoms with E-state index in [0.29, 0.717) is 5.56 Å². The van der Waals surface area contributed by atoms with Crippen molar-refractivity contribution in [3.63, 3.8) is 0 Å². The summed E-state index contributed by atoms with van der Waals surface area (Å²) in [7, 11) is 1.87. The molecule has 3 heteroatoms. The van der Waals surface area contributed by atoms with Crippen LogP contribution in [0.4, 0.5) is 4.39 Å². The maximum atomic E-state index is 14.2. The van der Waals surface area contributed by atoms with E-state index in [4.69, 9.17) is 0 Å². The standard InChI is InChI=1S/C17H16FNS/c1-11-7-8-13(15(18)9-11)17(19-2)14-10-20-16-6-4-3-5-12(14)16/h3-10,17,19H,1-2H3. The highest BCUT2D eigenvalue weighted by atomic mass is 32.1. The molecular weight excluding hydrogens is 269 g/mol. The van der Waals surface area contributed by atoms with Gasteiger partial charge in [0.25, 0.3) is 0 Å². The Kier molecular flexibility index (Phi) is 3.55. The summed E-state index contributed by atoms with van der Waals surface area (Å²) in [6, 6.07) is 13.6. The predicted molar refractivity (Wildman–Crippen MR) is 83.9 cm³/mol. The third-order valence-electron chi connectivity index (χ3n) is 3.58. The van der Waals surface area contributed by atoms with Gasteiger partial charge in [-0.15, -0.1) is 11.3 Å². The monoisotopic (exact) mass is 285 g/mol. The van der Waals surface area contributed by atoms with Crippen LogP contribution in [0, 0.1) is 12.7 Å². The SMILES string of the molecule is CNC(c1ccc(C)cc1F)c1csc2ccccc12. The van der Waals surface area contributed by atoms with E-state index >= 15 is 0 Å². The first-order chi connectivity index (χ1) is 9.70. The maximum Gasteiger partial charge on any atom is 0.128 e. The Hall–Kier alpha value is -1.71. The fraction of sp³-hybridized carbons (Fsp3) is 0.176. The highest BCUT2D eigenvalue weighted by molar-refractivity contribution is 7.17. The molecule has 0 aliphatic rings. The molecule has 20 heavy (non-hydrogen) atoms. The minimum absolute atomic E-state index is 0.119. The van der Waals surface area contributed by atoms with Crippen molar-refractivity contribution in [3.8, 4) is 0 Å². The topological polar surface area (TPSA) is 12.0 Å². The summed E-state index contributed by atoms with van der Waals surface area (Å²) in [5.41, 5.74) is 2.77. The van der Waals surface area contributed by atoms with Crippen LogP contribution in [-0.4, -0.2) is 7.05 Å². The van der Waals surface area contributed by atoms with Crippen molar-refractivity contribution >= 4 is 21.4 Å². The van der Waals surface area contributed by atoms with Crippen LogP contribution in [0.15, 0.2) is 47.8 Å². The summed E-state index contributed by atoms with van der Waals surface area (Å²) in [5, 5.41) is 6.55. The maximum absolute atomic E-state index is 14.2. The minimum Gasteiger partial charge on any atom is -0.309 e. The zero-order valence-electron chi connectivity index (χ0n) is 11.5. The van der Waals surface area contributed by atoms with Gasteiger partial charge >= 0.3 is 0 Å². The fourth-order valence-electron chi connectivity index (χ4n) is 2.57. The summed E-state index contributed by atoms with van der Waals surface area (Å²) < 4.78 is 15.5. The lowest BCUT2D eigenvalue weighted by molar-refractivity contribution is 0.577. The molecule has 1 atom stereocenters. The van der Waals surface area contributed by atoms with Crippen molar-refractivity contribution in [2.45, 2.75) is 13.0 Å². The Morgan fingerprint density at radius 3 is 2.65 bits per heavy atom. The quantitative estimate of drug-likeness (QED) is 0.738. The van der Waals surface area contributed by atoms with E-state index in [2.05, 4.69) is 22.8 Å². The van der Waals surface area contributed by atoms with Crippen LogP contribution in [-0.2, 0) is 0 Å². The number of nitrogens with one attached hydrogen (secondary N) is 1. The van der Waals surface area contributed by atoms with Crippen LogP contribution in [0.3, 0.4) is 0 Å². The zero-order valence-corrected chi connectivity index (χ0v) is 12.3. The van der Waals surface area contributed by atoms with Gasteiger partial charge in [-0.2, -0.15) is 0 Å². The van der Waals surface area contributed by atoms with Gasteiger partial charge in [0.15, 0.2) is 0 Å². The first-order valence-electron chi connectivity index (χ1n) is 6.60.